The molecule has 41 heavy (non-hydrogen) atoms. The third kappa shape index (κ3) is 6.81. The number of hydrogen-bond donors (Lipinski definition) is 0. The van der Waals surface area contributed by atoms with Gasteiger partial charge in [-0.2, -0.15) is 26.3 Å². The molecule has 0 saturated carbocycles. The molecule has 2 heterocycles. The zero-order chi connectivity index (χ0) is 28.3. The Morgan fingerprint density at radius 1 is 0.390 bits per heavy atom. The number of hydrogen-bond acceptors (Lipinski definition) is 2. The van der Waals surface area contributed by atoms with E-state index >= 15 is 0 Å². The van der Waals surface area contributed by atoms with E-state index in [0.717, 1.165) is 22.9 Å². The Morgan fingerprint density at radius 3 is 1.12 bits per heavy atom. The first-order valence-electron chi connectivity index (χ1n) is 12.2. The summed E-state index contributed by atoms with van der Waals surface area (Å²) < 4.78 is 78.1. The molecule has 0 aliphatic heterocycles. The Morgan fingerprint density at radius 2 is 0.732 bits per heavy atom. The molecule has 6 aromatic rings. The van der Waals surface area contributed by atoms with Crippen molar-refractivity contribution < 1.29 is 46.4 Å². The van der Waals surface area contributed by atoms with Crippen molar-refractivity contribution in [2.24, 2.45) is 0 Å². The average molecular weight is 739 g/mol. The second-order valence-corrected chi connectivity index (χ2v) is 8.87. The van der Waals surface area contributed by atoms with E-state index in [-0.39, 0.29) is 31.2 Å². The molecule has 2 nitrogen and oxygen atoms in total. The number of fused-ring (bicyclic) bond motifs is 2. The third-order valence-electron chi connectivity index (χ3n) is 6.21. The van der Waals surface area contributed by atoms with Gasteiger partial charge in [0.2, 0.25) is 0 Å². The molecule has 0 spiro atoms. The summed E-state index contributed by atoms with van der Waals surface area (Å²) in [4.78, 5) is 8.64. The van der Waals surface area contributed by atoms with Gasteiger partial charge in [0, 0.05) is 42.0 Å². The first-order chi connectivity index (χ1) is 19.1. The second-order valence-electron chi connectivity index (χ2n) is 8.87. The number of para-hydroxylation sites is 2. The molecule has 0 saturated heterocycles. The molecule has 0 atom stereocenters. The van der Waals surface area contributed by atoms with Crippen LogP contribution in [-0.4, -0.2) is 9.97 Å². The van der Waals surface area contributed by atoms with Crippen molar-refractivity contribution >= 4 is 21.8 Å². The molecule has 209 valence electrons. The second kappa shape index (κ2) is 12.2. The third-order valence-corrected chi connectivity index (χ3v) is 6.21. The Hall–Kier alpha value is -4.07. The first-order valence-corrected chi connectivity index (χ1v) is 12.2. The quantitative estimate of drug-likeness (QED) is 0.166. The fourth-order valence-electron chi connectivity index (χ4n) is 4.34. The minimum absolute atomic E-state index is 0. The van der Waals surface area contributed by atoms with Crippen molar-refractivity contribution in [1.29, 1.82) is 0 Å². The minimum Gasteiger partial charge on any atom is -0.248 e. The van der Waals surface area contributed by atoms with Gasteiger partial charge in [0.15, 0.2) is 0 Å². The number of pyridine rings is 2. The van der Waals surface area contributed by atoms with E-state index in [1.807, 2.05) is 36.4 Å². The smallest absolute Gasteiger partial charge is 0.248 e. The summed E-state index contributed by atoms with van der Waals surface area (Å²) in [7, 11) is 0. The summed E-state index contributed by atoms with van der Waals surface area (Å²) >= 11 is 0. The van der Waals surface area contributed by atoms with Crippen molar-refractivity contribution in [2.75, 3.05) is 0 Å². The fraction of sp³-hybridized carbons (Fsp3) is 0.0625. The molecular weight excluding hydrogens is 719 g/mol. The number of nitrogens with zero attached hydrogens (tertiary/aromatic N) is 2. The molecular formula is C32H20F6IrN2. The van der Waals surface area contributed by atoms with E-state index in [1.165, 1.54) is 24.3 Å². The Labute approximate surface area is 245 Å². The van der Waals surface area contributed by atoms with Crippen LogP contribution in [0.5, 0.6) is 0 Å². The maximum absolute atomic E-state index is 13.0. The predicted molar refractivity (Wildman–Crippen MR) is 144 cm³/mol. The van der Waals surface area contributed by atoms with Crippen LogP contribution >= 0.6 is 0 Å². The van der Waals surface area contributed by atoms with E-state index in [9.17, 15) is 26.3 Å². The van der Waals surface area contributed by atoms with Gasteiger partial charge in [0.05, 0.1) is 33.5 Å². The topological polar surface area (TPSA) is 25.8 Å². The summed E-state index contributed by atoms with van der Waals surface area (Å²) in [5.74, 6) is 0. The van der Waals surface area contributed by atoms with E-state index in [0.29, 0.717) is 22.4 Å². The van der Waals surface area contributed by atoms with Gasteiger partial charge in [-0.05, 0) is 36.4 Å². The largest absolute Gasteiger partial charge is 0.417 e. The van der Waals surface area contributed by atoms with Gasteiger partial charge in [0.1, 0.15) is 0 Å². The first kappa shape index (κ1) is 29.9. The SMILES string of the molecule is FC(F)(F)c1ccccc1-c1ccc2ccccc2n1.FC(F)(F)c1ccccc1-c1ccc2ccccc2n1.[Ir]. The Balaban J connectivity index is 0.000000184. The van der Waals surface area contributed by atoms with Crippen LogP contribution in [-0.2, 0) is 32.5 Å². The van der Waals surface area contributed by atoms with Crippen molar-refractivity contribution in [3.05, 3.63) is 132 Å². The average Bonchev–Trinajstić information content (AvgIpc) is 2.96. The number of alkyl halides is 6. The molecule has 0 fully saturated rings. The number of halogens is 6. The van der Waals surface area contributed by atoms with E-state index in [2.05, 4.69) is 9.97 Å². The Bertz CT molecular complexity index is 1670. The molecule has 9 heteroatoms. The number of benzene rings is 4. The maximum Gasteiger partial charge on any atom is 0.417 e. The summed E-state index contributed by atoms with van der Waals surface area (Å²) in [5.41, 5.74) is 0.902. The number of aromatic nitrogens is 2. The van der Waals surface area contributed by atoms with Crippen LogP contribution in [0.3, 0.4) is 0 Å². The summed E-state index contributed by atoms with van der Waals surface area (Å²) in [6.07, 6.45) is -8.77. The standard InChI is InChI=1S/2C16H10F3N.Ir/c2*17-16(18,19)13-7-3-2-6-12(13)15-10-9-11-5-1-4-8-14(11)20-15;/h2*1-10H;. The zero-order valence-corrected chi connectivity index (χ0v) is 23.4. The molecule has 0 aliphatic rings. The monoisotopic (exact) mass is 739 g/mol. The normalized spacial score (nSPS) is 11.5. The van der Waals surface area contributed by atoms with Crippen LogP contribution in [0.25, 0.3) is 44.3 Å². The van der Waals surface area contributed by atoms with Crippen LogP contribution in [0.2, 0.25) is 0 Å². The van der Waals surface area contributed by atoms with Crippen molar-refractivity contribution in [3.8, 4) is 22.5 Å². The van der Waals surface area contributed by atoms with Gasteiger partial charge in [-0.25, -0.2) is 9.97 Å². The van der Waals surface area contributed by atoms with Crippen LogP contribution in [0, 0.1) is 0 Å². The van der Waals surface area contributed by atoms with Gasteiger partial charge in [-0.1, -0.05) is 84.9 Å². The van der Waals surface area contributed by atoms with Gasteiger partial charge in [-0.3, -0.25) is 0 Å². The zero-order valence-electron chi connectivity index (χ0n) is 21.0. The van der Waals surface area contributed by atoms with Gasteiger partial charge >= 0.3 is 12.4 Å². The Kier molecular flexibility index (Phi) is 8.90. The minimum atomic E-state index is -4.39. The molecule has 0 bridgehead atoms. The molecule has 0 amide bonds. The molecule has 0 N–H and O–H groups in total. The summed E-state index contributed by atoms with van der Waals surface area (Å²) in [6.45, 7) is 0. The maximum atomic E-state index is 13.0. The molecule has 0 unspecified atom stereocenters. The van der Waals surface area contributed by atoms with E-state index in [1.54, 1.807) is 48.5 Å². The van der Waals surface area contributed by atoms with E-state index < -0.39 is 23.5 Å². The van der Waals surface area contributed by atoms with Crippen LogP contribution in [0.4, 0.5) is 26.3 Å². The van der Waals surface area contributed by atoms with E-state index in [4.69, 9.17) is 0 Å². The van der Waals surface area contributed by atoms with Gasteiger partial charge in [-0.15, -0.1) is 0 Å². The van der Waals surface area contributed by atoms with Crippen molar-refractivity contribution in [1.82, 2.24) is 9.97 Å². The van der Waals surface area contributed by atoms with Crippen molar-refractivity contribution in [3.63, 3.8) is 0 Å². The van der Waals surface area contributed by atoms with Gasteiger partial charge in [0.25, 0.3) is 0 Å². The van der Waals surface area contributed by atoms with Crippen molar-refractivity contribution in [2.45, 2.75) is 12.4 Å². The molecule has 1 radical (unpaired) electrons. The molecule has 6 rings (SSSR count). The molecule has 4 aromatic carbocycles. The predicted octanol–water partition coefficient (Wildman–Crippen LogP) is 9.84. The van der Waals surface area contributed by atoms with Crippen LogP contribution in [0.1, 0.15) is 11.1 Å². The van der Waals surface area contributed by atoms with Crippen LogP contribution < -0.4 is 0 Å². The molecule has 0 aliphatic carbocycles. The van der Waals surface area contributed by atoms with Crippen LogP contribution in [0.15, 0.2) is 121 Å². The molecule has 2 aromatic heterocycles. The summed E-state index contributed by atoms with van der Waals surface area (Å²) in [5, 5.41) is 1.81. The number of rotatable bonds is 2. The van der Waals surface area contributed by atoms with Gasteiger partial charge < -0.3 is 0 Å². The summed E-state index contributed by atoms with van der Waals surface area (Å²) in [6, 6.07) is 32.5. The fourth-order valence-corrected chi connectivity index (χ4v) is 4.34.